The lowest BCUT2D eigenvalue weighted by Crippen LogP contribution is -2.30. The van der Waals surface area contributed by atoms with E-state index >= 15 is 0 Å². The van der Waals surface area contributed by atoms with Gasteiger partial charge in [-0.25, -0.2) is 14.2 Å². The zero-order chi connectivity index (χ0) is 15.0. The second-order valence-electron chi connectivity index (χ2n) is 4.67. The molecule has 21 heavy (non-hydrogen) atoms. The number of carbonyl (C=O) groups is 1. The van der Waals surface area contributed by atoms with Crippen molar-refractivity contribution in [2.75, 3.05) is 0 Å². The van der Waals surface area contributed by atoms with E-state index in [0.717, 1.165) is 15.5 Å². The highest BCUT2D eigenvalue weighted by atomic mass is 16.2. The number of nitrogens with zero attached hydrogens (tertiary/aromatic N) is 5. The molecule has 8 nitrogen and oxygen atoms in total. The first kappa shape index (κ1) is 13.0. The number of fused-ring (bicyclic) bond motifs is 1. The normalized spacial score (nSPS) is 10.9. The van der Waals surface area contributed by atoms with Crippen molar-refractivity contribution in [3.8, 4) is 0 Å². The Hall–Kier alpha value is -3.03. The highest BCUT2D eigenvalue weighted by Crippen LogP contribution is 2.05. The maximum Gasteiger partial charge on any atom is 0.353 e. The monoisotopic (exact) mass is 284 g/mol. The topological polar surface area (TPSA) is 108 Å². The molecular weight excluding hydrogens is 272 g/mol. The number of aryl methyl sites for hydroxylation is 1. The van der Waals surface area contributed by atoms with Crippen LogP contribution in [0.5, 0.6) is 0 Å². The number of aromatic nitrogens is 5. The zero-order valence-electron chi connectivity index (χ0n) is 11.2. The molecule has 0 radical (unpaired) electrons. The van der Waals surface area contributed by atoms with Crippen molar-refractivity contribution in [2.24, 2.45) is 5.73 Å². The van der Waals surface area contributed by atoms with E-state index in [1.165, 1.54) is 11.0 Å². The van der Waals surface area contributed by atoms with E-state index in [-0.39, 0.29) is 17.9 Å². The van der Waals surface area contributed by atoms with E-state index in [9.17, 15) is 9.59 Å². The fourth-order valence-electron chi connectivity index (χ4n) is 2.09. The highest BCUT2D eigenvalue weighted by Gasteiger charge is 2.15. The Labute approximate surface area is 118 Å². The highest BCUT2D eigenvalue weighted by molar-refractivity contribution is 5.96. The lowest BCUT2D eigenvalue weighted by molar-refractivity contribution is 0.0997. The lowest BCUT2D eigenvalue weighted by atomic mass is 10.1. The van der Waals surface area contributed by atoms with Crippen LogP contribution in [0, 0.1) is 6.92 Å². The van der Waals surface area contributed by atoms with Gasteiger partial charge in [-0.05, 0) is 12.5 Å². The molecule has 2 aromatic heterocycles. The predicted octanol–water partition coefficient (Wildman–Crippen LogP) is -0.258. The number of hydrogen-bond acceptors (Lipinski definition) is 5. The minimum atomic E-state index is -0.748. The van der Waals surface area contributed by atoms with Crippen LogP contribution in [0.1, 0.15) is 21.6 Å². The van der Waals surface area contributed by atoms with Crippen LogP contribution in [-0.4, -0.2) is 30.3 Å². The van der Waals surface area contributed by atoms with E-state index in [1.54, 1.807) is 0 Å². The minimum absolute atomic E-state index is 0.0630. The summed E-state index contributed by atoms with van der Waals surface area (Å²) in [6.07, 6.45) is 1.22. The Balaban J connectivity index is 2.07. The zero-order valence-corrected chi connectivity index (χ0v) is 11.2. The average Bonchev–Trinajstić information content (AvgIpc) is 2.87. The Kier molecular flexibility index (Phi) is 2.98. The Morgan fingerprint density at radius 2 is 2.19 bits per heavy atom. The predicted molar refractivity (Wildman–Crippen MR) is 73.8 cm³/mol. The Morgan fingerprint density at radius 3 is 2.90 bits per heavy atom. The van der Waals surface area contributed by atoms with Crippen LogP contribution in [0.25, 0.3) is 5.65 Å². The summed E-state index contributed by atoms with van der Waals surface area (Å²) in [6.45, 7) is 2.25. The van der Waals surface area contributed by atoms with Crippen LogP contribution >= 0.6 is 0 Å². The van der Waals surface area contributed by atoms with Crippen LogP contribution in [-0.2, 0) is 6.54 Å². The second kappa shape index (κ2) is 4.82. The molecule has 1 amide bonds. The molecule has 106 valence electrons. The molecule has 0 saturated heterocycles. The van der Waals surface area contributed by atoms with E-state index < -0.39 is 11.6 Å². The Bertz CT molecular complexity index is 895. The molecule has 3 aromatic rings. The van der Waals surface area contributed by atoms with Gasteiger partial charge in [0.15, 0.2) is 11.3 Å². The first-order chi connectivity index (χ1) is 10.1. The SMILES string of the molecule is Cc1cccc(Cn2nnc3c(C(N)=O)ncn3c2=O)c1. The van der Waals surface area contributed by atoms with Gasteiger partial charge in [0.1, 0.15) is 6.33 Å². The van der Waals surface area contributed by atoms with Gasteiger partial charge in [0.2, 0.25) is 0 Å². The number of hydrogen-bond donors (Lipinski definition) is 1. The molecule has 0 aliphatic heterocycles. The maximum absolute atomic E-state index is 12.3. The standard InChI is InChI=1S/C13H12N6O2/c1-8-3-2-4-9(5-8)6-19-13(21)18-7-15-10(11(14)20)12(18)16-17-19/h2-5,7H,6H2,1H3,(H2,14,20). The molecule has 0 spiro atoms. The third-order valence-corrected chi connectivity index (χ3v) is 3.06. The number of benzene rings is 1. The fourth-order valence-corrected chi connectivity index (χ4v) is 2.09. The first-order valence-electron chi connectivity index (χ1n) is 6.22. The van der Waals surface area contributed by atoms with Crippen molar-refractivity contribution in [3.63, 3.8) is 0 Å². The summed E-state index contributed by atoms with van der Waals surface area (Å²) in [5, 5.41) is 7.69. The third-order valence-electron chi connectivity index (χ3n) is 3.06. The molecule has 8 heteroatoms. The molecule has 0 aliphatic rings. The van der Waals surface area contributed by atoms with Gasteiger partial charge in [-0.2, -0.15) is 4.68 Å². The van der Waals surface area contributed by atoms with Crippen LogP contribution in [0.2, 0.25) is 0 Å². The maximum atomic E-state index is 12.3. The van der Waals surface area contributed by atoms with Gasteiger partial charge in [-0.1, -0.05) is 35.0 Å². The van der Waals surface area contributed by atoms with Crippen molar-refractivity contribution >= 4 is 11.6 Å². The molecule has 2 N–H and O–H groups in total. The first-order valence-corrected chi connectivity index (χ1v) is 6.22. The summed E-state index contributed by atoms with van der Waals surface area (Å²) in [7, 11) is 0. The number of primary amides is 1. The van der Waals surface area contributed by atoms with Crippen molar-refractivity contribution in [1.82, 2.24) is 24.4 Å². The molecular formula is C13H12N6O2. The van der Waals surface area contributed by atoms with Gasteiger partial charge < -0.3 is 5.73 Å². The molecule has 0 aliphatic carbocycles. The molecule has 1 aromatic carbocycles. The van der Waals surface area contributed by atoms with E-state index in [2.05, 4.69) is 15.3 Å². The number of imidazole rings is 1. The van der Waals surface area contributed by atoms with Gasteiger partial charge in [-0.15, -0.1) is 5.10 Å². The molecule has 0 saturated carbocycles. The fraction of sp³-hybridized carbons (Fsp3) is 0.154. The van der Waals surface area contributed by atoms with Gasteiger partial charge in [-0.3, -0.25) is 4.79 Å². The summed E-state index contributed by atoms with van der Waals surface area (Å²) in [5.41, 5.74) is 6.75. The minimum Gasteiger partial charge on any atom is -0.364 e. The van der Waals surface area contributed by atoms with Crippen LogP contribution in [0.3, 0.4) is 0 Å². The summed E-state index contributed by atoms with van der Waals surface area (Å²) in [6, 6.07) is 7.73. The van der Waals surface area contributed by atoms with Gasteiger partial charge in [0.05, 0.1) is 6.54 Å². The second-order valence-corrected chi connectivity index (χ2v) is 4.67. The summed E-state index contributed by atoms with van der Waals surface area (Å²) in [4.78, 5) is 27.2. The van der Waals surface area contributed by atoms with Crippen LogP contribution in [0.15, 0.2) is 35.4 Å². The molecule has 0 fully saturated rings. The van der Waals surface area contributed by atoms with E-state index in [4.69, 9.17) is 5.73 Å². The van der Waals surface area contributed by atoms with Gasteiger partial charge in [0.25, 0.3) is 5.91 Å². The van der Waals surface area contributed by atoms with Crippen molar-refractivity contribution in [1.29, 1.82) is 0 Å². The molecule has 0 atom stereocenters. The van der Waals surface area contributed by atoms with Gasteiger partial charge >= 0.3 is 5.69 Å². The van der Waals surface area contributed by atoms with Crippen molar-refractivity contribution < 1.29 is 4.79 Å². The molecule has 3 rings (SSSR count). The molecule has 0 bridgehead atoms. The number of nitrogens with two attached hydrogens (primary N) is 1. The number of carbonyl (C=O) groups excluding carboxylic acids is 1. The van der Waals surface area contributed by atoms with Crippen molar-refractivity contribution in [2.45, 2.75) is 13.5 Å². The third kappa shape index (κ3) is 2.27. The van der Waals surface area contributed by atoms with Crippen LogP contribution in [0.4, 0.5) is 0 Å². The van der Waals surface area contributed by atoms with E-state index in [1.807, 2.05) is 31.2 Å². The van der Waals surface area contributed by atoms with Crippen LogP contribution < -0.4 is 11.4 Å². The largest absolute Gasteiger partial charge is 0.364 e. The average molecular weight is 284 g/mol. The molecule has 0 unspecified atom stereocenters. The smallest absolute Gasteiger partial charge is 0.353 e. The summed E-state index contributed by atoms with van der Waals surface area (Å²) in [5.74, 6) is -0.748. The molecule has 2 heterocycles. The number of amides is 1. The van der Waals surface area contributed by atoms with Gasteiger partial charge in [0, 0.05) is 0 Å². The van der Waals surface area contributed by atoms with E-state index in [0.29, 0.717) is 0 Å². The summed E-state index contributed by atoms with van der Waals surface area (Å²) >= 11 is 0. The lowest BCUT2D eigenvalue weighted by Gasteiger charge is -2.05. The Morgan fingerprint density at radius 1 is 1.38 bits per heavy atom. The quantitative estimate of drug-likeness (QED) is 0.713. The summed E-state index contributed by atoms with van der Waals surface area (Å²) < 4.78 is 2.36. The number of rotatable bonds is 3. The van der Waals surface area contributed by atoms with Crippen molar-refractivity contribution in [3.05, 3.63) is 57.9 Å².